The van der Waals surface area contributed by atoms with Crippen molar-refractivity contribution >= 4 is 23.2 Å². The van der Waals surface area contributed by atoms with E-state index in [4.69, 9.17) is 5.73 Å². The van der Waals surface area contributed by atoms with E-state index in [1.54, 1.807) is 24.3 Å². The highest BCUT2D eigenvalue weighted by atomic mass is 32.1. The minimum atomic E-state index is -0.874. The van der Waals surface area contributed by atoms with Gasteiger partial charge in [-0.25, -0.2) is 4.98 Å². The van der Waals surface area contributed by atoms with E-state index in [0.717, 1.165) is 10.6 Å². The number of nitrogens with one attached hydrogen (secondary N) is 1. The second kappa shape index (κ2) is 7.06. The van der Waals surface area contributed by atoms with E-state index in [-0.39, 0.29) is 5.91 Å². The molecule has 1 aromatic heterocycles. The lowest BCUT2D eigenvalue weighted by molar-refractivity contribution is -0.120. The Kier molecular flexibility index (Phi) is 4.67. The summed E-state index contributed by atoms with van der Waals surface area (Å²) in [5, 5.41) is 3.42. The number of hydrogen-bond acceptors (Lipinski definition) is 4. The van der Waals surface area contributed by atoms with Crippen LogP contribution in [0.2, 0.25) is 0 Å². The monoisotopic (exact) mass is 337 g/mol. The van der Waals surface area contributed by atoms with E-state index in [1.807, 2.05) is 36.4 Å². The van der Waals surface area contributed by atoms with Gasteiger partial charge in [0.05, 0.1) is 6.20 Å². The maximum absolute atomic E-state index is 12.4. The third kappa shape index (κ3) is 3.49. The molecule has 1 atom stereocenters. The molecule has 2 aromatic carbocycles. The molecule has 3 rings (SSSR count). The fraction of sp³-hybridized carbons (Fsp3) is 0.0556. The summed E-state index contributed by atoms with van der Waals surface area (Å²) in [4.78, 5) is 28.8. The zero-order chi connectivity index (χ0) is 16.9. The molecule has 24 heavy (non-hydrogen) atoms. The van der Waals surface area contributed by atoms with Gasteiger partial charge in [-0.2, -0.15) is 0 Å². The summed E-state index contributed by atoms with van der Waals surface area (Å²) >= 11 is 1.27. The lowest BCUT2D eigenvalue weighted by Gasteiger charge is -2.15. The molecule has 0 aliphatic rings. The number of hydrogen-bond donors (Lipinski definition) is 2. The van der Waals surface area contributed by atoms with Gasteiger partial charge < -0.3 is 11.1 Å². The van der Waals surface area contributed by atoms with Crippen molar-refractivity contribution in [3.8, 4) is 10.6 Å². The minimum Gasteiger partial charge on any atom is -0.368 e. The van der Waals surface area contributed by atoms with Crippen molar-refractivity contribution in [1.82, 2.24) is 10.3 Å². The van der Waals surface area contributed by atoms with Crippen molar-refractivity contribution in [2.45, 2.75) is 6.04 Å². The first-order chi connectivity index (χ1) is 11.6. The molecule has 3 N–H and O–H groups in total. The molecule has 0 fully saturated rings. The molecule has 0 saturated heterocycles. The summed E-state index contributed by atoms with van der Waals surface area (Å²) in [6.45, 7) is 0. The van der Waals surface area contributed by atoms with Crippen molar-refractivity contribution in [3.63, 3.8) is 0 Å². The standard InChI is InChI=1S/C18H15N3O2S/c19-16(22)15(12-7-3-1-4-8-12)21-17(23)14-11-20-18(24-14)13-9-5-2-6-10-13/h1-11,15H,(H2,19,22)(H,21,23)/t15-/m1/s1. The average molecular weight is 337 g/mol. The Bertz CT molecular complexity index is 847. The average Bonchev–Trinajstić information content (AvgIpc) is 3.11. The number of nitrogens with zero attached hydrogens (tertiary/aromatic N) is 1. The van der Waals surface area contributed by atoms with Crippen LogP contribution < -0.4 is 11.1 Å². The fourth-order valence-electron chi connectivity index (χ4n) is 2.26. The normalized spacial score (nSPS) is 11.7. The van der Waals surface area contributed by atoms with Crippen molar-refractivity contribution in [2.75, 3.05) is 0 Å². The van der Waals surface area contributed by atoms with Gasteiger partial charge in [0.1, 0.15) is 15.9 Å². The van der Waals surface area contributed by atoms with Gasteiger partial charge in [0.2, 0.25) is 5.91 Å². The van der Waals surface area contributed by atoms with Crippen molar-refractivity contribution in [1.29, 1.82) is 0 Å². The van der Waals surface area contributed by atoms with E-state index in [1.165, 1.54) is 17.5 Å². The lowest BCUT2D eigenvalue weighted by atomic mass is 10.1. The van der Waals surface area contributed by atoms with Crippen molar-refractivity contribution in [3.05, 3.63) is 77.3 Å². The van der Waals surface area contributed by atoms with Gasteiger partial charge in [0.15, 0.2) is 0 Å². The van der Waals surface area contributed by atoms with Gasteiger partial charge >= 0.3 is 0 Å². The second-order valence-electron chi connectivity index (χ2n) is 5.12. The van der Waals surface area contributed by atoms with Gasteiger partial charge in [0.25, 0.3) is 5.91 Å². The minimum absolute atomic E-state index is 0.373. The molecule has 0 unspecified atom stereocenters. The number of aromatic nitrogens is 1. The summed E-state index contributed by atoms with van der Waals surface area (Å²) < 4.78 is 0. The molecule has 0 radical (unpaired) electrons. The summed E-state index contributed by atoms with van der Waals surface area (Å²) in [6, 6.07) is 17.6. The number of amides is 2. The van der Waals surface area contributed by atoms with Crippen LogP contribution in [0.1, 0.15) is 21.3 Å². The van der Waals surface area contributed by atoms with Crippen LogP contribution in [0.25, 0.3) is 10.6 Å². The molecular weight excluding hydrogens is 322 g/mol. The van der Waals surface area contributed by atoms with E-state index >= 15 is 0 Å². The third-order valence-electron chi connectivity index (χ3n) is 3.44. The van der Waals surface area contributed by atoms with Gasteiger partial charge in [0, 0.05) is 5.56 Å². The van der Waals surface area contributed by atoms with E-state index < -0.39 is 11.9 Å². The van der Waals surface area contributed by atoms with Crippen LogP contribution in [0.5, 0.6) is 0 Å². The van der Waals surface area contributed by atoms with Gasteiger partial charge in [-0.1, -0.05) is 60.7 Å². The SMILES string of the molecule is NC(=O)[C@H](NC(=O)c1cnc(-c2ccccc2)s1)c1ccccc1. The first kappa shape index (κ1) is 15.9. The Labute approximate surface area is 143 Å². The van der Waals surface area contributed by atoms with Crippen LogP contribution in [-0.2, 0) is 4.79 Å². The highest BCUT2D eigenvalue weighted by Gasteiger charge is 2.22. The largest absolute Gasteiger partial charge is 0.368 e. The highest BCUT2D eigenvalue weighted by Crippen LogP contribution is 2.25. The van der Waals surface area contributed by atoms with Crippen LogP contribution >= 0.6 is 11.3 Å². The fourth-order valence-corrected chi connectivity index (χ4v) is 3.08. The Morgan fingerprint density at radius 2 is 1.62 bits per heavy atom. The van der Waals surface area contributed by atoms with Gasteiger partial charge in [-0.15, -0.1) is 11.3 Å². The molecular formula is C18H15N3O2S. The number of carbonyl (C=O) groups excluding carboxylic acids is 2. The first-order valence-corrected chi connectivity index (χ1v) is 8.13. The quantitative estimate of drug-likeness (QED) is 0.751. The molecule has 120 valence electrons. The number of rotatable bonds is 5. The molecule has 1 heterocycles. The molecule has 0 bridgehead atoms. The summed E-state index contributed by atoms with van der Waals surface area (Å²) in [7, 11) is 0. The topological polar surface area (TPSA) is 85.1 Å². The predicted octanol–water partition coefficient (Wildman–Crippen LogP) is 2.77. The summed E-state index contributed by atoms with van der Waals surface area (Å²) in [6.07, 6.45) is 1.51. The summed E-state index contributed by atoms with van der Waals surface area (Å²) in [5.74, 6) is -0.982. The van der Waals surface area contributed by atoms with Crippen LogP contribution in [0.3, 0.4) is 0 Å². The number of thiazole rings is 1. The number of nitrogens with two attached hydrogens (primary N) is 1. The number of benzene rings is 2. The maximum atomic E-state index is 12.4. The highest BCUT2D eigenvalue weighted by molar-refractivity contribution is 7.16. The molecule has 0 aliphatic heterocycles. The molecule has 2 amide bonds. The lowest BCUT2D eigenvalue weighted by Crippen LogP contribution is -2.37. The zero-order valence-corrected chi connectivity index (χ0v) is 13.5. The van der Waals surface area contributed by atoms with E-state index in [9.17, 15) is 9.59 Å². The molecule has 6 heteroatoms. The molecule has 3 aromatic rings. The van der Waals surface area contributed by atoms with E-state index in [2.05, 4.69) is 10.3 Å². The Morgan fingerprint density at radius 3 is 2.25 bits per heavy atom. The Hall–Kier alpha value is -2.99. The van der Waals surface area contributed by atoms with Crippen LogP contribution in [0.4, 0.5) is 0 Å². The molecule has 0 spiro atoms. The molecule has 5 nitrogen and oxygen atoms in total. The predicted molar refractivity (Wildman–Crippen MR) is 93.4 cm³/mol. The van der Waals surface area contributed by atoms with Crippen LogP contribution in [0.15, 0.2) is 66.9 Å². The second-order valence-corrected chi connectivity index (χ2v) is 6.15. The van der Waals surface area contributed by atoms with Gasteiger partial charge in [-0.05, 0) is 5.56 Å². The smallest absolute Gasteiger partial charge is 0.263 e. The van der Waals surface area contributed by atoms with E-state index in [0.29, 0.717) is 10.4 Å². The van der Waals surface area contributed by atoms with Crippen molar-refractivity contribution in [2.24, 2.45) is 5.73 Å². The molecule has 0 saturated carbocycles. The van der Waals surface area contributed by atoms with Gasteiger partial charge in [-0.3, -0.25) is 9.59 Å². The Morgan fingerprint density at radius 1 is 1.00 bits per heavy atom. The maximum Gasteiger partial charge on any atom is 0.263 e. The van der Waals surface area contributed by atoms with Crippen LogP contribution in [0, 0.1) is 0 Å². The first-order valence-electron chi connectivity index (χ1n) is 7.31. The summed E-state index contributed by atoms with van der Waals surface area (Å²) in [5.41, 5.74) is 7.01. The number of carbonyl (C=O) groups is 2. The number of primary amides is 1. The van der Waals surface area contributed by atoms with Crippen LogP contribution in [-0.4, -0.2) is 16.8 Å². The Balaban J connectivity index is 1.79. The molecule has 0 aliphatic carbocycles. The van der Waals surface area contributed by atoms with Crippen molar-refractivity contribution < 1.29 is 9.59 Å². The zero-order valence-electron chi connectivity index (χ0n) is 12.7. The third-order valence-corrected chi connectivity index (χ3v) is 4.49.